The third-order valence-corrected chi connectivity index (χ3v) is 2.62. The van der Waals surface area contributed by atoms with Crippen LogP contribution in [0.15, 0.2) is 23.1 Å². The van der Waals surface area contributed by atoms with Gasteiger partial charge in [-0.3, -0.25) is 19.3 Å². The molecule has 0 spiro atoms. The summed E-state index contributed by atoms with van der Waals surface area (Å²) in [7, 11) is 0. The van der Waals surface area contributed by atoms with Crippen LogP contribution in [0, 0.1) is 10.1 Å². The lowest BCUT2D eigenvalue weighted by molar-refractivity contribution is -0.387. The molecule has 6 nitrogen and oxygen atoms in total. The van der Waals surface area contributed by atoms with Crippen molar-refractivity contribution in [2.75, 3.05) is 0 Å². The number of hydrogen-bond acceptors (Lipinski definition) is 4. The van der Waals surface area contributed by atoms with E-state index in [4.69, 9.17) is 23.2 Å². The molecule has 17 heavy (non-hydrogen) atoms. The van der Waals surface area contributed by atoms with Crippen LogP contribution >= 0.6 is 23.2 Å². The van der Waals surface area contributed by atoms with Gasteiger partial charge in [-0.05, 0) is 12.1 Å². The molecule has 0 atom stereocenters. The highest BCUT2D eigenvalue weighted by molar-refractivity contribution is 6.30. The molecule has 0 aliphatic carbocycles. The van der Waals surface area contributed by atoms with Crippen molar-refractivity contribution in [3.05, 3.63) is 49.5 Å². The number of pyridine rings is 1. The monoisotopic (exact) mass is 273 g/mol. The van der Waals surface area contributed by atoms with Crippen LogP contribution in [0.3, 0.4) is 0 Å². The van der Waals surface area contributed by atoms with E-state index in [2.05, 4.69) is 4.98 Å². The van der Waals surface area contributed by atoms with Crippen molar-refractivity contribution in [2.24, 2.45) is 0 Å². The summed E-state index contributed by atoms with van der Waals surface area (Å²) in [5.74, 6) is -0.204. The predicted octanol–water partition coefficient (Wildman–Crippen LogP) is 1.99. The SMILES string of the molecule is O=c1c([N+](=O)[O-])c(CCl)nc2ccc(Cl)cn12. The highest BCUT2D eigenvalue weighted by Crippen LogP contribution is 2.16. The topological polar surface area (TPSA) is 77.5 Å². The average molecular weight is 274 g/mol. The van der Waals surface area contributed by atoms with Gasteiger partial charge in [0.25, 0.3) is 0 Å². The number of rotatable bonds is 2. The maximum absolute atomic E-state index is 11.9. The minimum atomic E-state index is -0.793. The second-order valence-corrected chi connectivity index (χ2v) is 3.88. The minimum absolute atomic E-state index is 0.0519. The van der Waals surface area contributed by atoms with Crippen LogP contribution in [0.5, 0.6) is 0 Å². The van der Waals surface area contributed by atoms with Crippen LogP contribution in [0.4, 0.5) is 5.69 Å². The van der Waals surface area contributed by atoms with Crippen molar-refractivity contribution in [3.8, 4) is 0 Å². The molecule has 8 heteroatoms. The van der Waals surface area contributed by atoms with E-state index in [1.807, 2.05) is 0 Å². The number of fused-ring (bicyclic) bond motifs is 1. The molecule has 0 bridgehead atoms. The van der Waals surface area contributed by atoms with Gasteiger partial charge in [0.1, 0.15) is 11.3 Å². The largest absolute Gasteiger partial charge is 0.356 e. The molecule has 2 rings (SSSR count). The molecule has 0 radical (unpaired) electrons. The van der Waals surface area contributed by atoms with Gasteiger partial charge in [0.15, 0.2) is 0 Å². The van der Waals surface area contributed by atoms with Crippen LogP contribution in [-0.4, -0.2) is 14.3 Å². The highest BCUT2D eigenvalue weighted by atomic mass is 35.5. The predicted molar refractivity (Wildman–Crippen MR) is 62.7 cm³/mol. The molecule has 0 saturated heterocycles. The molecule has 0 aromatic carbocycles. The second kappa shape index (κ2) is 4.31. The van der Waals surface area contributed by atoms with Crippen LogP contribution in [0.25, 0.3) is 5.65 Å². The zero-order valence-corrected chi connectivity index (χ0v) is 9.77. The van der Waals surface area contributed by atoms with E-state index in [-0.39, 0.29) is 22.2 Å². The van der Waals surface area contributed by atoms with Crippen molar-refractivity contribution in [1.29, 1.82) is 0 Å². The Morgan fingerprint density at radius 3 is 2.76 bits per heavy atom. The summed E-state index contributed by atoms with van der Waals surface area (Å²) < 4.78 is 1.02. The molecule has 0 aliphatic heterocycles. The molecule has 0 fully saturated rings. The summed E-state index contributed by atoms with van der Waals surface area (Å²) in [5, 5.41) is 11.1. The van der Waals surface area contributed by atoms with Gasteiger partial charge in [-0.15, -0.1) is 11.6 Å². The summed E-state index contributed by atoms with van der Waals surface area (Å²) in [6, 6.07) is 3.02. The normalized spacial score (nSPS) is 10.7. The van der Waals surface area contributed by atoms with E-state index in [0.717, 1.165) is 4.40 Å². The van der Waals surface area contributed by atoms with E-state index in [0.29, 0.717) is 0 Å². The van der Waals surface area contributed by atoms with Crippen LogP contribution in [0.2, 0.25) is 5.02 Å². The van der Waals surface area contributed by atoms with E-state index in [9.17, 15) is 14.9 Å². The zero-order valence-electron chi connectivity index (χ0n) is 8.26. The number of aromatic nitrogens is 2. The Morgan fingerprint density at radius 1 is 1.47 bits per heavy atom. The fraction of sp³-hybridized carbons (Fsp3) is 0.111. The third kappa shape index (κ3) is 1.96. The van der Waals surface area contributed by atoms with E-state index in [1.54, 1.807) is 0 Å². The smallest absolute Gasteiger partial charge is 0.261 e. The summed E-state index contributed by atoms with van der Waals surface area (Å²) in [6.07, 6.45) is 1.28. The molecule has 0 amide bonds. The summed E-state index contributed by atoms with van der Waals surface area (Å²) in [4.78, 5) is 25.8. The summed E-state index contributed by atoms with van der Waals surface area (Å²) >= 11 is 11.3. The lowest BCUT2D eigenvalue weighted by Crippen LogP contribution is -2.20. The molecule has 0 saturated carbocycles. The van der Waals surface area contributed by atoms with Gasteiger partial charge in [0.2, 0.25) is 0 Å². The van der Waals surface area contributed by atoms with Crippen LogP contribution < -0.4 is 5.56 Å². The van der Waals surface area contributed by atoms with Gasteiger partial charge in [-0.2, -0.15) is 0 Å². The van der Waals surface area contributed by atoms with Crippen molar-refractivity contribution >= 4 is 34.5 Å². The number of nitro groups is 1. The Labute approximate surface area is 105 Å². The molecule has 0 unspecified atom stereocenters. The molecule has 0 N–H and O–H groups in total. The van der Waals surface area contributed by atoms with Crippen molar-refractivity contribution in [2.45, 2.75) is 5.88 Å². The molecule has 2 aromatic heterocycles. The fourth-order valence-electron chi connectivity index (χ4n) is 1.43. The van der Waals surface area contributed by atoms with Crippen molar-refractivity contribution in [1.82, 2.24) is 9.38 Å². The van der Waals surface area contributed by atoms with E-state index in [1.165, 1.54) is 18.3 Å². The molecule has 2 aromatic rings. The minimum Gasteiger partial charge on any atom is -0.261 e. The summed E-state index contributed by atoms with van der Waals surface area (Å²) in [5.41, 5.74) is -1.21. The Kier molecular flexibility index (Phi) is 2.99. The first-order valence-electron chi connectivity index (χ1n) is 4.45. The van der Waals surface area contributed by atoms with Crippen molar-refractivity contribution < 1.29 is 4.92 Å². The zero-order chi connectivity index (χ0) is 12.6. The number of halogens is 2. The number of hydrogen-bond donors (Lipinski definition) is 0. The van der Waals surface area contributed by atoms with E-state index >= 15 is 0 Å². The quantitative estimate of drug-likeness (QED) is 0.476. The fourth-order valence-corrected chi connectivity index (χ4v) is 1.77. The first kappa shape index (κ1) is 11.8. The maximum atomic E-state index is 11.9. The van der Waals surface area contributed by atoms with Gasteiger partial charge in [-0.25, -0.2) is 4.98 Å². The van der Waals surface area contributed by atoms with Crippen LogP contribution in [0.1, 0.15) is 5.69 Å². The van der Waals surface area contributed by atoms with Gasteiger partial charge >= 0.3 is 11.2 Å². The maximum Gasteiger partial charge on any atom is 0.356 e. The van der Waals surface area contributed by atoms with Crippen LogP contribution in [-0.2, 0) is 5.88 Å². The second-order valence-electron chi connectivity index (χ2n) is 3.18. The third-order valence-electron chi connectivity index (χ3n) is 2.14. The number of nitrogens with zero attached hydrogens (tertiary/aromatic N) is 3. The van der Waals surface area contributed by atoms with Gasteiger partial charge in [-0.1, -0.05) is 11.6 Å². The van der Waals surface area contributed by atoms with Gasteiger partial charge in [0, 0.05) is 6.20 Å². The Morgan fingerprint density at radius 2 is 2.18 bits per heavy atom. The summed E-state index contributed by atoms with van der Waals surface area (Å²) in [6.45, 7) is 0. The molecule has 2 heterocycles. The molecular weight excluding hydrogens is 269 g/mol. The highest BCUT2D eigenvalue weighted by Gasteiger charge is 2.22. The average Bonchev–Trinajstić information content (AvgIpc) is 2.29. The molecule has 0 aliphatic rings. The van der Waals surface area contributed by atoms with E-state index < -0.39 is 16.2 Å². The van der Waals surface area contributed by atoms with Gasteiger partial charge in [0.05, 0.1) is 15.8 Å². The lowest BCUT2D eigenvalue weighted by atomic mass is 10.3. The van der Waals surface area contributed by atoms with Crippen molar-refractivity contribution in [3.63, 3.8) is 0 Å². The molecule has 88 valence electrons. The Bertz CT molecular complexity index is 668. The van der Waals surface area contributed by atoms with Gasteiger partial charge < -0.3 is 0 Å². The Balaban J connectivity index is 2.94. The Hall–Kier alpha value is -1.66. The first-order chi connectivity index (χ1) is 8.04. The lowest BCUT2D eigenvalue weighted by Gasteiger charge is -2.03. The first-order valence-corrected chi connectivity index (χ1v) is 5.37. The molecular formula is C9H5Cl2N3O3. The standard InChI is InChI=1S/C9H5Cl2N3O3/c10-3-6-8(14(16)17)9(15)13-4-5(11)1-2-7(13)12-6/h1-2,4H,3H2. The number of alkyl halides is 1.